The molecule has 4 nitrogen and oxygen atoms in total. The van der Waals surface area contributed by atoms with Crippen molar-refractivity contribution in [1.29, 1.82) is 0 Å². The lowest BCUT2D eigenvalue weighted by molar-refractivity contribution is -0.118. The van der Waals surface area contributed by atoms with Crippen molar-refractivity contribution >= 4 is 17.6 Å². The molecule has 3 aromatic rings. The van der Waals surface area contributed by atoms with Crippen molar-refractivity contribution in [3.05, 3.63) is 101 Å². The van der Waals surface area contributed by atoms with Crippen LogP contribution < -0.4 is 5.32 Å². The summed E-state index contributed by atoms with van der Waals surface area (Å²) in [6, 6.07) is 24.4. The van der Waals surface area contributed by atoms with E-state index >= 15 is 0 Å². The van der Waals surface area contributed by atoms with Crippen molar-refractivity contribution in [2.45, 2.75) is 12.3 Å². The maximum Gasteiger partial charge on any atom is 0.338 e. The van der Waals surface area contributed by atoms with Crippen LogP contribution in [0.2, 0.25) is 0 Å². The molecule has 0 atom stereocenters. The van der Waals surface area contributed by atoms with E-state index in [9.17, 15) is 9.59 Å². The van der Waals surface area contributed by atoms with Crippen LogP contribution in [0.25, 0.3) is 0 Å². The van der Waals surface area contributed by atoms with E-state index in [1.54, 1.807) is 19.1 Å². The smallest absolute Gasteiger partial charge is 0.338 e. The van der Waals surface area contributed by atoms with Crippen LogP contribution in [0.4, 0.5) is 5.69 Å². The van der Waals surface area contributed by atoms with Crippen LogP contribution in [0.3, 0.4) is 0 Å². The summed E-state index contributed by atoms with van der Waals surface area (Å²) in [4.78, 5) is 26.1. The zero-order chi connectivity index (χ0) is 18.9. The molecular weight excluding hydrogens is 338 g/mol. The standard InChI is InChI=1S/C23H19NO3/c1-2-27-21(25)18-14-9-15-19-20(18)23(22(26)24-19,16-10-5-3-6-11-16)17-12-7-4-8-13-17/h3-15H,2H2,1H3,(H,24,26). The first-order valence-electron chi connectivity index (χ1n) is 8.92. The monoisotopic (exact) mass is 357 g/mol. The number of esters is 1. The van der Waals surface area contributed by atoms with Crippen molar-refractivity contribution in [1.82, 2.24) is 0 Å². The van der Waals surface area contributed by atoms with Crippen molar-refractivity contribution in [3.8, 4) is 0 Å². The molecule has 27 heavy (non-hydrogen) atoms. The van der Waals surface area contributed by atoms with Gasteiger partial charge in [-0.1, -0.05) is 66.7 Å². The van der Waals surface area contributed by atoms with Crippen LogP contribution in [-0.4, -0.2) is 18.5 Å². The number of hydrogen-bond acceptors (Lipinski definition) is 3. The molecule has 0 unspecified atom stereocenters. The summed E-state index contributed by atoms with van der Waals surface area (Å²) in [5.41, 5.74) is 2.19. The number of amides is 1. The van der Waals surface area contributed by atoms with Gasteiger partial charge in [-0.2, -0.15) is 0 Å². The molecule has 1 heterocycles. The summed E-state index contributed by atoms with van der Waals surface area (Å²) in [5.74, 6) is -0.603. The lowest BCUT2D eigenvalue weighted by atomic mass is 9.69. The van der Waals surface area contributed by atoms with E-state index in [1.165, 1.54) is 0 Å². The average Bonchev–Trinajstić information content (AvgIpc) is 3.02. The van der Waals surface area contributed by atoms with E-state index in [4.69, 9.17) is 4.74 Å². The Balaban J connectivity index is 2.09. The summed E-state index contributed by atoms with van der Waals surface area (Å²) >= 11 is 0. The highest BCUT2D eigenvalue weighted by molar-refractivity contribution is 6.14. The molecule has 1 aliphatic heterocycles. The first kappa shape index (κ1) is 17.0. The Kier molecular flexibility index (Phi) is 4.24. The Morgan fingerprint density at radius 2 is 1.48 bits per heavy atom. The Bertz CT molecular complexity index is 957. The summed E-state index contributed by atoms with van der Waals surface area (Å²) < 4.78 is 5.28. The van der Waals surface area contributed by atoms with Crippen LogP contribution in [0.15, 0.2) is 78.9 Å². The van der Waals surface area contributed by atoms with Gasteiger partial charge in [0, 0.05) is 11.3 Å². The number of carbonyl (C=O) groups excluding carboxylic acids is 2. The molecule has 1 N–H and O–H groups in total. The van der Waals surface area contributed by atoms with Crippen molar-refractivity contribution in [2.24, 2.45) is 0 Å². The number of carbonyl (C=O) groups is 2. The van der Waals surface area contributed by atoms with Gasteiger partial charge in [-0.15, -0.1) is 0 Å². The van der Waals surface area contributed by atoms with E-state index < -0.39 is 11.4 Å². The van der Waals surface area contributed by atoms with Gasteiger partial charge in [0.1, 0.15) is 5.41 Å². The maximum absolute atomic E-state index is 13.4. The Morgan fingerprint density at radius 1 is 0.889 bits per heavy atom. The van der Waals surface area contributed by atoms with E-state index in [2.05, 4.69) is 5.32 Å². The molecule has 134 valence electrons. The van der Waals surface area contributed by atoms with E-state index in [1.807, 2.05) is 66.7 Å². The fraction of sp³-hybridized carbons (Fsp3) is 0.130. The second-order valence-electron chi connectivity index (χ2n) is 6.38. The highest BCUT2D eigenvalue weighted by Gasteiger charge is 2.51. The molecule has 1 amide bonds. The molecule has 0 aromatic heterocycles. The van der Waals surface area contributed by atoms with Crippen molar-refractivity contribution < 1.29 is 14.3 Å². The zero-order valence-corrected chi connectivity index (χ0v) is 14.9. The minimum absolute atomic E-state index is 0.174. The topological polar surface area (TPSA) is 55.4 Å². The van der Waals surface area contributed by atoms with Gasteiger partial charge in [0.05, 0.1) is 12.2 Å². The molecule has 4 heteroatoms. The normalized spacial score (nSPS) is 14.3. The molecule has 0 saturated carbocycles. The second-order valence-corrected chi connectivity index (χ2v) is 6.38. The van der Waals surface area contributed by atoms with Crippen LogP contribution in [0.1, 0.15) is 34.0 Å². The number of rotatable bonds is 4. The second kappa shape index (κ2) is 6.72. The van der Waals surface area contributed by atoms with Gasteiger partial charge in [-0.25, -0.2) is 4.79 Å². The van der Waals surface area contributed by atoms with Crippen molar-refractivity contribution in [3.63, 3.8) is 0 Å². The maximum atomic E-state index is 13.4. The fourth-order valence-electron chi connectivity index (χ4n) is 3.86. The molecule has 0 aliphatic carbocycles. The van der Waals surface area contributed by atoms with Gasteiger partial charge in [0.2, 0.25) is 5.91 Å². The Hall–Kier alpha value is -3.40. The third-order valence-electron chi connectivity index (χ3n) is 4.94. The lowest BCUT2D eigenvalue weighted by Gasteiger charge is -2.30. The molecule has 1 aliphatic rings. The van der Waals surface area contributed by atoms with Crippen LogP contribution in [-0.2, 0) is 14.9 Å². The summed E-state index contributed by atoms with van der Waals surface area (Å²) in [6.07, 6.45) is 0. The number of fused-ring (bicyclic) bond motifs is 1. The summed E-state index contributed by atoms with van der Waals surface area (Å²) in [7, 11) is 0. The molecular formula is C23H19NO3. The van der Waals surface area contributed by atoms with E-state index in [-0.39, 0.29) is 12.5 Å². The number of anilines is 1. The Morgan fingerprint density at radius 3 is 2.04 bits per heavy atom. The quantitative estimate of drug-likeness (QED) is 0.714. The first-order valence-corrected chi connectivity index (χ1v) is 8.92. The Labute approximate surface area is 157 Å². The molecule has 0 saturated heterocycles. The third-order valence-corrected chi connectivity index (χ3v) is 4.94. The van der Waals surface area contributed by atoms with Crippen LogP contribution in [0.5, 0.6) is 0 Å². The van der Waals surface area contributed by atoms with E-state index in [0.29, 0.717) is 16.8 Å². The SMILES string of the molecule is CCOC(=O)c1cccc2c1C(c1ccccc1)(c1ccccc1)C(=O)N2. The minimum Gasteiger partial charge on any atom is -0.462 e. The van der Waals surface area contributed by atoms with Crippen molar-refractivity contribution in [2.75, 3.05) is 11.9 Å². The molecule has 3 aromatic carbocycles. The van der Waals surface area contributed by atoms with E-state index in [0.717, 1.165) is 11.1 Å². The number of ether oxygens (including phenoxy) is 1. The first-order chi connectivity index (χ1) is 13.2. The zero-order valence-electron chi connectivity index (χ0n) is 14.9. The number of hydrogen-bond donors (Lipinski definition) is 1. The number of nitrogens with one attached hydrogen (secondary N) is 1. The predicted molar refractivity (Wildman–Crippen MR) is 104 cm³/mol. The minimum atomic E-state index is -1.11. The average molecular weight is 357 g/mol. The van der Waals surface area contributed by atoms with Gasteiger partial charge in [-0.3, -0.25) is 4.79 Å². The summed E-state index contributed by atoms with van der Waals surface area (Å²) in [6.45, 7) is 2.04. The highest BCUT2D eigenvalue weighted by Crippen LogP contribution is 2.49. The predicted octanol–water partition coefficient (Wildman–Crippen LogP) is 4.15. The fourth-order valence-corrected chi connectivity index (χ4v) is 3.86. The molecule has 0 bridgehead atoms. The molecule has 0 radical (unpaired) electrons. The summed E-state index contributed by atoms with van der Waals surface area (Å²) in [5, 5.41) is 2.98. The molecule has 0 fully saturated rings. The van der Waals surface area contributed by atoms with Gasteiger partial charge < -0.3 is 10.1 Å². The van der Waals surface area contributed by atoms with Gasteiger partial charge >= 0.3 is 5.97 Å². The van der Waals surface area contributed by atoms with Crippen LogP contribution in [0, 0.1) is 0 Å². The highest BCUT2D eigenvalue weighted by atomic mass is 16.5. The molecule has 4 rings (SSSR count). The van der Waals surface area contributed by atoms with Gasteiger partial charge in [-0.05, 0) is 30.2 Å². The van der Waals surface area contributed by atoms with Gasteiger partial charge in [0.25, 0.3) is 0 Å². The third kappa shape index (κ3) is 2.53. The molecule has 0 spiro atoms. The number of benzene rings is 3. The lowest BCUT2D eigenvalue weighted by Crippen LogP contribution is -2.38. The van der Waals surface area contributed by atoms with Gasteiger partial charge in [0.15, 0.2) is 0 Å². The van der Waals surface area contributed by atoms with Crippen LogP contribution >= 0.6 is 0 Å². The largest absolute Gasteiger partial charge is 0.462 e.